The zero-order chi connectivity index (χ0) is 25.5. The molecule has 4 rings (SSSR count). The molecule has 2 aromatic carbocycles. The van der Waals surface area contributed by atoms with Gasteiger partial charge in [0.1, 0.15) is 6.04 Å². The summed E-state index contributed by atoms with van der Waals surface area (Å²) in [6.07, 6.45) is 15.6. The summed E-state index contributed by atoms with van der Waals surface area (Å²) in [5.41, 5.74) is 2.97. The Morgan fingerprint density at radius 1 is 1.00 bits per heavy atom. The second kappa shape index (κ2) is 11.7. The van der Waals surface area contributed by atoms with Crippen molar-refractivity contribution >= 4 is 46.7 Å². The highest BCUT2D eigenvalue weighted by molar-refractivity contribution is 7.98. The van der Waals surface area contributed by atoms with Crippen molar-refractivity contribution in [2.24, 2.45) is 4.99 Å². The van der Waals surface area contributed by atoms with E-state index < -0.39 is 18.0 Å². The average Bonchev–Trinajstić information content (AvgIpc) is 2.89. The summed E-state index contributed by atoms with van der Waals surface area (Å²) in [6.45, 7) is 0. The summed E-state index contributed by atoms with van der Waals surface area (Å²) < 4.78 is 0. The zero-order valence-electron chi connectivity index (χ0n) is 19.3. The summed E-state index contributed by atoms with van der Waals surface area (Å²) in [4.78, 5) is 31.2. The van der Waals surface area contributed by atoms with Crippen LogP contribution >= 0.6 is 23.4 Å². The molecule has 1 atom stereocenters. The molecule has 2 aliphatic rings. The lowest BCUT2D eigenvalue weighted by molar-refractivity contribution is -0.119. The van der Waals surface area contributed by atoms with E-state index in [0.717, 1.165) is 15.5 Å². The Hall–Kier alpha value is -3.85. The molecule has 1 unspecified atom stereocenters. The number of rotatable bonds is 5. The first-order chi connectivity index (χ1) is 17.4. The van der Waals surface area contributed by atoms with E-state index in [1.165, 1.54) is 18.0 Å². The minimum Gasteiger partial charge on any atom is -0.322 e. The second-order valence-corrected chi connectivity index (χ2v) is 8.99. The van der Waals surface area contributed by atoms with Crippen LogP contribution in [0.2, 0.25) is 5.02 Å². The van der Waals surface area contributed by atoms with Gasteiger partial charge in [-0.2, -0.15) is 0 Å². The zero-order valence-corrected chi connectivity index (χ0v) is 20.8. The fourth-order valence-electron chi connectivity index (χ4n) is 3.57. The number of carbonyl (C=O) groups is 2. The van der Waals surface area contributed by atoms with Crippen LogP contribution in [-0.2, 0) is 4.79 Å². The van der Waals surface area contributed by atoms with Crippen LogP contribution in [0.4, 0.5) is 10.5 Å². The Bertz CT molecular complexity index is 1330. The Kier molecular flexibility index (Phi) is 8.22. The van der Waals surface area contributed by atoms with E-state index in [4.69, 9.17) is 11.6 Å². The molecule has 7 nitrogen and oxygen atoms in total. The predicted molar refractivity (Wildman–Crippen MR) is 144 cm³/mol. The Morgan fingerprint density at radius 2 is 1.72 bits per heavy atom. The van der Waals surface area contributed by atoms with Gasteiger partial charge in [-0.15, -0.1) is 11.8 Å². The molecule has 3 amide bonds. The fraction of sp³-hybridized carbons (Fsp3) is 0.0741. The van der Waals surface area contributed by atoms with Gasteiger partial charge in [0.2, 0.25) is 0 Å². The maximum Gasteiger partial charge on any atom is 0.320 e. The van der Waals surface area contributed by atoms with Crippen molar-refractivity contribution in [1.82, 2.24) is 10.4 Å². The highest BCUT2D eigenvalue weighted by Gasteiger charge is 2.25. The van der Waals surface area contributed by atoms with Gasteiger partial charge < -0.3 is 10.6 Å². The molecule has 0 radical (unpaired) electrons. The van der Waals surface area contributed by atoms with Crippen molar-refractivity contribution < 1.29 is 14.8 Å². The van der Waals surface area contributed by atoms with Crippen LogP contribution in [0.1, 0.15) is 11.6 Å². The molecular weight excluding hydrogens is 496 g/mol. The number of hydroxylamine groups is 2. The Balaban J connectivity index is 1.57. The van der Waals surface area contributed by atoms with E-state index >= 15 is 0 Å². The highest BCUT2D eigenvalue weighted by Crippen LogP contribution is 2.27. The third-order valence-corrected chi connectivity index (χ3v) is 6.38. The third kappa shape index (κ3) is 6.23. The topological polar surface area (TPSA) is 94.0 Å². The molecule has 0 spiro atoms. The molecule has 0 bridgehead atoms. The van der Waals surface area contributed by atoms with E-state index in [-0.39, 0.29) is 0 Å². The number of aliphatic imine (C=N–C) groups is 1. The molecule has 2 aromatic rings. The number of hydrogen-bond acceptors (Lipinski definition) is 5. The lowest BCUT2D eigenvalue weighted by Gasteiger charge is -2.20. The van der Waals surface area contributed by atoms with Gasteiger partial charge in [-0.05, 0) is 66.5 Å². The number of urea groups is 1. The first kappa shape index (κ1) is 25.2. The van der Waals surface area contributed by atoms with Crippen molar-refractivity contribution in [2.45, 2.75) is 10.9 Å². The smallest absolute Gasteiger partial charge is 0.320 e. The predicted octanol–water partition coefficient (Wildman–Crippen LogP) is 6.05. The normalized spacial score (nSPS) is 15.2. The number of carbonyl (C=O) groups excluding carboxylic acids is 2. The number of thioether (sulfide) groups is 1. The fourth-order valence-corrected chi connectivity index (χ4v) is 4.33. The number of anilines is 1. The maximum atomic E-state index is 13.3. The number of nitrogens with one attached hydrogen (secondary N) is 2. The van der Waals surface area contributed by atoms with Gasteiger partial charge in [-0.3, -0.25) is 10.0 Å². The molecule has 0 saturated heterocycles. The first-order valence-electron chi connectivity index (χ1n) is 11.0. The van der Waals surface area contributed by atoms with E-state index in [9.17, 15) is 14.8 Å². The molecule has 0 saturated carbocycles. The number of benzene rings is 2. The summed E-state index contributed by atoms with van der Waals surface area (Å²) in [6, 6.07) is 12.5. The van der Waals surface area contributed by atoms with E-state index in [1.54, 1.807) is 66.8 Å². The molecule has 1 aliphatic heterocycles. The quantitative estimate of drug-likeness (QED) is 0.419. The summed E-state index contributed by atoms with van der Waals surface area (Å²) in [5.74, 6) is -0.521. The minimum absolute atomic E-state index is 0.427. The minimum atomic E-state index is -1.01. The molecular formula is C27H23ClN4O3S. The van der Waals surface area contributed by atoms with Crippen molar-refractivity contribution in [3.8, 4) is 0 Å². The van der Waals surface area contributed by atoms with Gasteiger partial charge in [-0.25, -0.2) is 14.9 Å². The van der Waals surface area contributed by atoms with Crippen LogP contribution in [0, 0.1) is 0 Å². The van der Waals surface area contributed by atoms with Crippen LogP contribution < -0.4 is 10.6 Å². The van der Waals surface area contributed by atoms with Gasteiger partial charge in [0.05, 0.1) is 11.4 Å². The van der Waals surface area contributed by atoms with Crippen LogP contribution in [0.5, 0.6) is 0 Å². The second-order valence-electron chi connectivity index (χ2n) is 7.71. The number of allylic oxidation sites excluding steroid dienone is 8. The largest absolute Gasteiger partial charge is 0.322 e. The maximum absolute atomic E-state index is 13.3. The SMILES string of the molecule is CSc1ccccc1C(NC(=O)Nc1ccc(Cl)cc1)C(=O)N=C1C=CC(=C2C=CC=CN2O)C=C1. The number of halogens is 1. The number of nitrogens with zero attached hydrogens (tertiary/aromatic N) is 2. The highest BCUT2D eigenvalue weighted by atomic mass is 35.5. The van der Waals surface area contributed by atoms with E-state index in [0.29, 0.717) is 27.7 Å². The number of hydrogen-bond donors (Lipinski definition) is 3. The summed E-state index contributed by atoms with van der Waals surface area (Å²) >= 11 is 7.39. The first-order valence-corrected chi connectivity index (χ1v) is 12.6. The summed E-state index contributed by atoms with van der Waals surface area (Å²) in [7, 11) is 0. The lowest BCUT2D eigenvalue weighted by Crippen LogP contribution is -2.36. The average molecular weight is 519 g/mol. The number of amides is 3. The molecule has 36 heavy (non-hydrogen) atoms. The van der Waals surface area contributed by atoms with Crippen LogP contribution in [-0.4, -0.2) is 34.2 Å². The molecule has 182 valence electrons. The molecule has 9 heteroatoms. The van der Waals surface area contributed by atoms with E-state index in [1.807, 2.05) is 30.5 Å². The lowest BCUT2D eigenvalue weighted by atomic mass is 10.0. The molecule has 0 fully saturated rings. The van der Waals surface area contributed by atoms with Crippen molar-refractivity contribution in [3.63, 3.8) is 0 Å². The molecule has 0 aromatic heterocycles. The van der Waals surface area contributed by atoms with Gasteiger partial charge in [0.15, 0.2) is 0 Å². The van der Waals surface area contributed by atoms with Crippen LogP contribution in [0.25, 0.3) is 0 Å². The van der Waals surface area contributed by atoms with Crippen molar-refractivity contribution in [3.05, 3.63) is 119 Å². The van der Waals surface area contributed by atoms with Crippen molar-refractivity contribution in [2.75, 3.05) is 11.6 Å². The molecule has 1 heterocycles. The van der Waals surface area contributed by atoms with Gasteiger partial charge in [0, 0.05) is 27.4 Å². The third-order valence-electron chi connectivity index (χ3n) is 5.32. The molecule has 3 N–H and O–H groups in total. The molecule has 1 aliphatic carbocycles. The van der Waals surface area contributed by atoms with Gasteiger partial charge in [0.25, 0.3) is 5.91 Å². The van der Waals surface area contributed by atoms with Crippen LogP contribution in [0.15, 0.2) is 118 Å². The van der Waals surface area contributed by atoms with Crippen molar-refractivity contribution in [1.29, 1.82) is 0 Å². The van der Waals surface area contributed by atoms with Gasteiger partial charge >= 0.3 is 6.03 Å². The van der Waals surface area contributed by atoms with Gasteiger partial charge in [-0.1, -0.05) is 48.0 Å². The monoisotopic (exact) mass is 518 g/mol. The standard InChI is InChI=1S/C27H23ClN4O3S/c1-36-24-8-3-2-6-22(24)25(31-27(34)30-21-15-11-19(28)12-16-21)26(33)29-20-13-9-18(10-14-20)23-7-4-5-17-32(23)35/h2-17,25,35H,1H3,(H2,30,31,34). The Morgan fingerprint density at radius 3 is 2.42 bits per heavy atom. The summed E-state index contributed by atoms with van der Waals surface area (Å²) in [5, 5.41) is 17.1. The van der Waals surface area contributed by atoms with Crippen LogP contribution in [0.3, 0.4) is 0 Å². The Labute approximate surface area is 218 Å². The van der Waals surface area contributed by atoms with E-state index in [2.05, 4.69) is 15.6 Å².